The monoisotopic (exact) mass is 729 g/mol. The van der Waals surface area contributed by atoms with Crippen molar-refractivity contribution in [3.8, 4) is 50.6 Å². The van der Waals surface area contributed by atoms with Gasteiger partial charge in [-0.25, -0.2) is 9.97 Å². The molecule has 0 N–H and O–H groups in total. The molecule has 0 saturated carbocycles. The van der Waals surface area contributed by atoms with Crippen LogP contribution in [-0.4, -0.2) is 14.5 Å². The minimum absolute atomic E-state index is 0.297. The number of nitrogens with zero attached hydrogens (tertiary/aromatic N) is 3. The van der Waals surface area contributed by atoms with E-state index in [0.717, 1.165) is 44.3 Å². The fourth-order valence-corrected chi connectivity index (χ4v) is 11.0. The van der Waals surface area contributed by atoms with Crippen molar-refractivity contribution in [2.75, 3.05) is 0 Å². The van der Waals surface area contributed by atoms with Crippen LogP contribution < -0.4 is 0 Å². The lowest BCUT2D eigenvalue weighted by atomic mass is 9.76. The molecule has 13 rings (SSSR count). The molecule has 3 aromatic heterocycles. The molecular formula is C52H31N3S. The number of hydrogen-bond acceptors (Lipinski definition) is 3. The molecule has 4 heteroatoms. The Hall–Kier alpha value is -6.88. The van der Waals surface area contributed by atoms with Crippen LogP contribution in [0.5, 0.6) is 0 Å². The highest BCUT2D eigenvalue weighted by atomic mass is 32.1. The van der Waals surface area contributed by atoms with Gasteiger partial charge >= 0.3 is 0 Å². The number of rotatable bonds is 3. The zero-order valence-corrected chi connectivity index (χ0v) is 31.0. The first-order valence-corrected chi connectivity index (χ1v) is 20.2. The van der Waals surface area contributed by atoms with Gasteiger partial charge in [0, 0.05) is 32.3 Å². The molecule has 56 heavy (non-hydrogen) atoms. The lowest BCUT2D eigenvalue weighted by molar-refractivity contribution is 0.817. The molecule has 260 valence electrons. The molecule has 3 heterocycles. The summed E-state index contributed by atoms with van der Waals surface area (Å²) in [6.45, 7) is 0. The molecular weight excluding hydrogens is 699 g/mol. The summed E-state index contributed by atoms with van der Waals surface area (Å²) >= 11 is 1.78. The second-order valence-electron chi connectivity index (χ2n) is 15.3. The third-order valence-electron chi connectivity index (χ3n) is 12.3. The van der Waals surface area contributed by atoms with Gasteiger partial charge in [-0.3, -0.25) is 4.57 Å². The molecule has 0 bridgehead atoms. The fraction of sp³-hybridized carbons (Fsp3) is 0.0385. The van der Waals surface area contributed by atoms with E-state index in [4.69, 9.17) is 9.97 Å². The Balaban J connectivity index is 1.16. The van der Waals surface area contributed by atoms with E-state index in [1.165, 1.54) is 76.3 Å². The van der Waals surface area contributed by atoms with Gasteiger partial charge < -0.3 is 0 Å². The number of para-hydroxylation sites is 1. The van der Waals surface area contributed by atoms with Crippen molar-refractivity contribution in [2.45, 2.75) is 12.3 Å². The largest absolute Gasteiger partial charge is 0.278 e. The average molecular weight is 730 g/mol. The molecule has 0 radical (unpaired) electrons. The SMILES string of the molecule is c1ccc(-c2ccc3c(c2)-c2cc4c(c5c2C3Cc2ccccc2-5)c2ccccc2n4-c2nc(-c3ccc4ccccc4c3)c3sc4ccccc4c3n2)cc1. The van der Waals surface area contributed by atoms with E-state index in [9.17, 15) is 0 Å². The minimum Gasteiger partial charge on any atom is -0.278 e. The first-order valence-electron chi connectivity index (χ1n) is 19.3. The molecule has 11 aromatic rings. The Morgan fingerprint density at radius 3 is 2.23 bits per heavy atom. The van der Waals surface area contributed by atoms with Crippen LogP contribution in [0.15, 0.2) is 170 Å². The molecule has 0 spiro atoms. The number of hydrogen-bond donors (Lipinski definition) is 0. The first-order chi connectivity index (χ1) is 27.8. The van der Waals surface area contributed by atoms with Crippen LogP contribution in [0.1, 0.15) is 22.6 Å². The summed E-state index contributed by atoms with van der Waals surface area (Å²) in [5.41, 5.74) is 17.4. The van der Waals surface area contributed by atoms with E-state index in [1.54, 1.807) is 11.3 Å². The predicted octanol–water partition coefficient (Wildman–Crippen LogP) is 13.8. The van der Waals surface area contributed by atoms with E-state index in [-0.39, 0.29) is 0 Å². The highest BCUT2D eigenvalue weighted by Crippen LogP contribution is 2.58. The first kappa shape index (κ1) is 30.4. The molecule has 8 aromatic carbocycles. The van der Waals surface area contributed by atoms with Gasteiger partial charge in [0.15, 0.2) is 0 Å². The average Bonchev–Trinajstić information content (AvgIpc) is 3.91. The van der Waals surface area contributed by atoms with Gasteiger partial charge in [-0.2, -0.15) is 0 Å². The molecule has 0 aliphatic heterocycles. The second kappa shape index (κ2) is 11.3. The molecule has 2 aliphatic rings. The van der Waals surface area contributed by atoms with E-state index in [2.05, 4.69) is 174 Å². The summed E-state index contributed by atoms with van der Waals surface area (Å²) in [6, 6.07) is 62.3. The third-order valence-corrected chi connectivity index (χ3v) is 13.5. The van der Waals surface area contributed by atoms with Gasteiger partial charge in [-0.1, -0.05) is 140 Å². The van der Waals surface area contributed by atoms with Crippen LogP contribution in [0, 0.1) is 0 Å². The highest BCUT2D eigenvalue weighted by Gasteiger charge is 2.38. The maximum absolute atomic E-state index is 5.60. The highest BCUT2D eigenvalue weighted by molar-refractivity contribution is 7.26. The van der Waals surface area contributed by atoms with Gasteiger partial charge in [0.2, 0.25) is 5.95 Å². The predicted molar refractivity (Wildman–Crippen MR) is 234 cm³/mol. The number of aromatic nitrogens is 3. The number of fused-ring (bicyclic) bond motifs is 13. The topological polar surface area (TPSA) is 30.7 Å². The van der Waals surface area contributed by atoms with Gasteiger partial charge in [-0.05, 0) is 97.6 Å². The molecule has 3 nitrogen and oxygen atoms in total. The Bertz CT molecular complexity index is 3460. The van der Waals surface area contributed by atoms with Crippen LogP contribution in [0.4, 0.5) is 0 Å². The normalized spacial score (nSPS) is 14.2. The zero-order valence-electron chi connectivity index (χ0n) is 30.2. The Morgan fingerprint density at radius 1 is 0.536 bits per heavy atom. The van der Waals surface area contributed by atoms with E-state index >= 15 is 0 Å². The maximum atomic E-state index is 5.60. The third kappa shape index (κ3) is 4.17. The van der Waals surface area contributed by atoms with Crippen molar-refractivity contribution in [3.05, 3.63) is 187 Å². The summed E-state index contributed by atoms with van der Waals surface area (Å²) in [5, 5.41) is 6.08. The van der Waals surface area contributed by atoms with Gasteiger partial charge in [0.25, 0.3) is 0 Å². The summed E-state index contributed by atoms with van der Waals surface area (Å²) in [6.07, 6.45) is 0.998. The smallest absolute Gasteiger partial charge is 0.235 e. The van der Waals surface area contributed by atoms with Gasteiger partial charge in [-0.15, -0.1) is 11.3 Å². The van der Waals surface area contributed by atoms with Crippen LogP contribution in [0.2, 0.25) is 0 Å². The molecule has 1 atom stereocenters. The van der Waals surface area contributed by atoms with Crippen LogP contribution >= 0.6 is 11.3 Å². The Kier molecular flexibility index (Phi) is 6.16. The van der Waals surface area contributed by atoms with Crippen molar-refractivity contribution < 1.29 is 0 Å². The minimum atomic E-state index is 0.297. The molecule has 0 fully saturated rings. The standard InChI is InChI=1S/C52H31N3S/c1-2-12-30(13-3-1)33-24-25-37-40(27-33)42-29-44-47(48-36-17-7-6-16-34(36)28-41(37)46(42)48)38-18-8-10-20-43(38)55(44)52-53-49(35-23-22-31-14-4-5-15-32(31)26-35)51-50(54-52)39-19-9-11-21-45(39)56-51/h1-27,29,41H,28H2. The van der Waals surface area contributed by atoms with Crippen molar-refractivity contribution in [2.24, 2.45) is 0 Å². The van der Waals surface area contributed by atoms with Crippen LogP contribution in [-0.2, 0) is 6.42 Å². The Morgan fingerprint density at radius 2 is 1.30 bits per heavy atom. The summed E-state index contributed by atoms with van der Waals surface area (Å²) in [7, 11) is 0. The molecule has 2 aliphatic carbocycles. The van der Waals surface area contributed by atoms with E-state index < -0.39 is 0 Å². The van der Waals surface area contributed by atoms with Crippen molar-refractivity contribution >= 4 is 64.2 Å². The van der Waals surface area contributed by atoms with Crippen LogP contribution in [0.3, 0.4) is 0 Å². The van der Waals surface area contributed by atoms with Crippen molar-refractivity contribution in [1.82, 2.24) is 14.5 Å². The van der Waals surface area contributed by atoms with Gasteiger partial charge in [0.05, 0.1) is 26.9 Å². The molecule has 1 unspecified atom stereocenters. The van der Waals surface area contributed by atoms with Gasteiger partial charge in [0.1, 0.15) is 0 Å². The zero-order chi connectivity index (χ0) is 36.5. The summed E-state index contributed by atoms with van der Waals surface area (Å²) < 4.78 is 4.68. The maximum Gasteiger partial charge on any atom is 0.235 e. The Labute approximate surface area is 326 Å². The molecule has 0 amide bonds. The lowest BCUT2D eigenvalue weighted by Gasteiger charge is -2.26. The molecule has 0 saturated heterocycles. The summed E-state index contributed by atoms with van der Waals surface area (Å²) in [5.74, 6) is 0.991. The van der Waals surface area contributed by atoms with E-state index in [0.29, 0.717) is 11.9 Å². The quantitative estimate of drug-likeness (QED) is 0.181. The fourth-order valence-electron chi connectivity index (χ4n) is 9.87. The summed E-state index contributed by atoms with van der Waals surface area (Å²) in [4.78, 5) is 11.1. The number of benzene rings is 8. The van der Waals surface area contributed by atoms with E-state index in [1.807, 2.05) is 0 Å². The number of thiophene rings is 1. The lowest BCUT2D eigenvalue weighted by Crippen LogP contribution is -2.10. The van der Waals surface area contributed by atoms with Crippen molar-refractivity contribution in [1.29, 1.82) is 0 Å². The van der Waals surface area contributed by atoms with Crippen molar-refractivity contribution in [3.63, 3.8) is 0 Å². The second-order valence-corrected chi connectivity index (χ2v) is 16.3. The van der Waals surface area contributed by atoms with Crippen LogP contribution in [0.25, 0.3) is 103 Å².